The van der Waals surface area contributed by atoms with E-state index in [0.29, 0.717) is 29.7 Å². The van der Waals surface area contributed by atoms with Crippen molar-refractivity contribution in [3.05, 3.63) is 58.9 Å². The molecule has 1 aromatic carbocycles. The summed E-state index contributed by atoms with van der Waals surface area (Å²) >= 11 is 6.25. The van der Waals surface area contributed by atoms with Crippen LogP contribution in [0.5, 0.6) is 5.75 Å². The fraction of sp³-hybridized carbons (Fsp3) is 0.400. The van der Waals surface area contributed by atoms with Crippen LogP contribution in [0.15, 0.2) is 42.6 Å². The molecule has 1 atom stereocenters. The molecule has 3 aromatic rings. The third-order valence-electron chi connectivity index (χ3n) is 6.70. The third kappa shape index (κ3) is 4.18. The summed E-state index contributed by atoms with van der Waals surface area (Å²) in [4.78, 5) is 18.8. The normalized spacial score (nSPS) is 19.1. The molecule has 4 heterocycles. The highest BCUT2D eigenvalue weighted by Crippen LogP contribution is 2.44. The second kappa shape index (κ2) is 8.83. The first-order valence-corrected chi connectivity index (χ1v) is 12.0. The molecule has 0 radical (unpaired) electrons. The second-order valence-electron chi connectivity index (χ2n) is 9.43. The van der Waals surface area contributed by atoms with Gasteiger partial charge in [0.15, 0.2) is 11.6 Å². The monoisotopic (exact) mass is 480 g/mol. The van der Waals surface area contributed by atoms with Gasteiger partial charge in [-0.3, -0.25) is 4.68 Å². The minimum Gasteiger partial charge on any atom is -0.485 e. The first kappa shape index (κ1) is 22.5. The Morgan fingerprint density at radius 2 is 2.06 bits per heavy atom. The lowest BCUT2D eigenvalue weighted by molar-refractivity contribution is 0.203. The van der Waals surface area contributed by atoms with Gasteiger partial charge < -0.3 is 20.7 Å². The molecule has 5 rings (SSSR count). The Morgan fingerprint density at radius 3 is 2.85 bits per heavy atom. The minimum atomic E-state index is -0.0514. The Kier molecular flexibility index (Phi) is 5.85. The van der Waals surface area contributed by atoms with Crippen molar-refractivity contribution in [1.29, 1.82) is 0 Å². The zero-order chi connectivity index (χ0) is 23.9. The number of pyridine rings is 1. The predicted molar refractivity (Wildman–Crippen MR) is 132 cm³/mol. The zero-order valence-corrected chi connectivity index (χ0v) is 20.2. The lowest BCUT2D eigenvalue weighted by Crippen LogP contribution is -2.43. The van der Waals surface area contributed by atoms with Crippen molar-refractivity contribution in [1.82, 2.24) is 25.0 Å². The average Bonchev–Trinajstić information content (AvgIpc) is 3.51. The number of nitrogens with one attached hydrogen (secondary N) is 1. The number of carbonyl (C=O) groups is 1. The Morgan fingerprint density at radius 1 is 1.26 bits per heavy atom. The topological polar surface area (TPSA) is 98.3 Å². The van der Waals surface area contributed by atoms with E-state index in [4.69, 9.17) is 27.2 Å². The highest BCUT2D eigenvalue weighted by molar-refractivity contribution is 6.31. The quantitative estimate of drug-likeness (QED) is 0.569. The van der Waals surface area contributed by atoms with Crippen molar-refractivity contribution < 1.29 is 9.53 Å². The number of amides is 2. The molecule has 0 aliphatic carbocycles. The largest absolute Gasteiger partial charge is 0.485 e. The average molecular weight is 481 g/mol. The minimum absolute atomic E-state index is 0.00751. The number of nitrogens with zero attached hydrogens (tertiary/aromatic N) is 4. The van der Waals surface area contributed by atoms with E-state index in [2.05, 4.69) is 21.0 Å². The summed E-state index contributed by atoms with van der Waals surface area (Å²) in [5.74, 6) is 0.819. The molecule has 2 aromatic heterocycles. The molecule has 2 aliphatic rings. The number of ether oxygens (including phenoxy) is 1. The van der Waals surface area contributed by atoms with Crippen molar-refractivity contribution >= 4 is 23.4 Å². The van der Waals surface area contributed by atoms with Gasteiger partial charge in [-0.2, -0.15) is 5.10 Å². The van der Waals surface area contributed by atoms with Crippen LogP contribution in [0, 0.1) is 0 Å². The molecule has 178 valence electrons. The van der Waals surface area contributed by atoms with Crippen LogP contribution < -0.4 is 15.8 Å². The van der Waals surface area contributed by atoms with Crippen LogP contribution in [-0.4, -0.2) is 44.8 Å². The van der Waals surface area contributed by atoms with Crippen LogP contribution in [0.1, 0.15) is 37.9 Å². The van der Waals surface area contributed by atoms with E-state index >= 15 is 0 Å². The van der Waals surface area contributed by atoms with Gasteiger partial charge in [0, 0.05) is 59.1 Å². The van der Waals surface area contributed by atoms with Crippen LogP contribution in [0.2, 0.25) is 5.02 Å². The third-order valence-corrected chi connectivity index (χ3v) is 7.07. The van der Waals surface area contributed by atoms with Gasteiger partial charge >= 0.3 is 6.03 Å². The zero-order valence-electron chi connectivity index (χ0n) is 19.4. The van der Waals surface area contributed by atoms with E-state index in [0.717, 1.165) is 42.8 Å². The number of nitrogen functional groups attached to an aromatic ring is 1. The van der Waals surface area contributed by atoms with Gasteiger partial charge in [0.1, 0.15) is 6.61 Å². The van der Waals surface area contributed by atoms with Crippen LogP contribution >= 0.6 is 11.6 Å². The number of anilines is 1. The molecule has 0 saturated carbocycles. The summed E-state index contributed by atoms with van der Waals surface area (Å²) in [7, 11) is 0. The highest BCUT2D eigenvalue weighted by Gasteiger charge is 2.47. The van der Waals surface area contributed by atoms with E-state index < -0.39 is 0 Å². The van der Waals surface area contributed by atoms with Gasteiger partial charge in [-0.15, -0.1) is 0 Å². The Hall–Kier alpha value is -3.26. The number of benzene rings is 1. The Bertz CT molecular complexity index is 1230. The number of carbonyl (C=O) groups excluding carboxylic acids is 1. The molecule has 8 nitrogen and oxygen atoms in total. The fourth-order valence-corrected chi connectivity index (χ4v) is 5.07. The number of halogens is 1. The SMILES string of the molecule is CC(C)NC(=O)N1CC[C@@]2(CCn3nc(-c4cnc(N)c(OCc5ccccc5Cl)c4)cc32)C1. The number of rotatable bonds is 5. The van der Waals surface area contributed by atoms with E-state index in [1.807, 2.05) is 49.1 Å². The summed E-state index contributed by atoms with van der Waals surface area (Å²) in [5, 5.41) is 8.50. The summed E-state index contributed by atoms with van der Waals surface area (Å²) in [6.45, 7) is 6.56. The molecule has 1 fully saturated rings. The smallest absolute Gasteiger partial charge is 0.317 e. The van der Waals surface area contributed by atoms with Crippen LogP contribution in [0.4, 0.5) is 10.6 Å². The van der Waals surface area contributed by atoms with Gasteiger partial charge in [0.2, 0.25) is 0 Å². The maximum Gasteiger partial charge on any atom is 0.317 e. The lowest BCUT2D eigenvalue weighted by Gasteiger charge is -2.24. The first-order chi connectivity index (χ1) is 16.3. The number of hydrogen-bond acceptors (Lipinski definition) is 5. The molecular formula is C25H29ClN6O2. The van der Waals surface area contributed by atoms with Gasteiger partial charge in [0.05, 0.1) is 5.69 Å². The van der Waals surface area contributed by atoms with E-state index in [9.17, 15) is 4.79 Å². The standard InChI is InChI=1S/C25H29ClN6O2/c1-16(2)29-24(33)31-9-7-25(15-31)8-10-32-22(25)12-20(30-32)18-11-21(23(27)28-13-18)34-14-17-5-3-4-6-19(17)26/h3-6,11-13,16H,7-10,14-15H2,1-2H3,(H2,27,28)(H,29,33)/t25-/m1/s1. The molecule has 9 heteroatoms. The first-order valence-electron chi connectivity index (χ1n) is 11.6. The van der Waals surface area contributed by atoms with E-state index in [-0.39, 0.29) is 17.5 Å². The highest BCUT2D eigenvalue weighted by atomic mass is 35.5. The van der Waals surface area contributed by atoms with Crippen molar-refractivity contribution in [2.75, 3.05) is 18.8 Å². The Labute approximate surface area is 204 Å². The lowest BCUT2D eigenvalue weighted by atomic mass is 9.82. The van der Waals surface area contributed by atoms with Crippen molar-refractivity contribution in [2.24, 2.45) is 0 Å². The van der Waals surface area contributed by atoms with Crippen molar-refractivity contribution in [3.63, 3.8) is 0 Å². The second-order valence-corrected chi connectivity index (χ2v) is 9.84. The van der Waals surface area contributed by atoms with Crippen LogP contribution in [-0.2, 0) is 18.6 Å². The molecule has 34 heavy (non-hydrogen) atoms. The number of nitrogens with two attached hydrogens (primary N) is 1. The molecule has 2 aliphatic heterocycles. The van der Waals surface area contributed by atoms with Crippen molar-refractivity contribution in [2.45, 2.75) is 51.3 Å². The molecule has 2 amide bonds. The molecule has 0 unspecified atom stereocenters. The van der Waals surface area contributed by atoms with Gasteiger partial charge in [-0.25, -0.2) is 9.78 Å². The van der Waals surface area contributed by atoms with Gasteiger partial charge in [0.25, 0.3) is 0 Å². The number of fused-ring (bicyclic) bond motifs is 2. The molecular weight excluding hydrogens is 452 g/mol. The number of hydrogen-bond donors (Lipinski definition) is 2. The summed E-state index contributed by atoms with van der Waals surface area (Å²) in [6, 6.07) is 11.7. The Balaban J connectivity index is 1.35. The van der Waals surface area contributed by atoms with Crippen molar-refractivity contribution in [3.8, 4) is 17.0 Å². The van der Waals surface area contributed by atoms with E-state index in [1.54, 1.807) is 6.20 Å². The molecule has 1 saturated heterocycles. The summed E-state index contributed by atoms with van der Waals surface area (Å²) in [5.41, 5.74) is 9.75. The summed E-state index contributed by atoms with van der Waals surface area (Å²) in [6.07, 6.45) is 3.66. The van der Waals surface area contributed by atoms with E-state index in [1.165, 1.54) is 5.69 Å². The van der Waals surface area contributed by atoms with Gasteiger partial charge in [-0.05, 0) is 44.9 Å². The molecule has 0 bridgehead atoms. The number of likely N-dealkylation sites (tertiary alicyclic amines) is 1. The predicted octanol–water partition coefficient (Wildman–Crippen LogP) is 4.22. The van der Waals surface area contributed by atoms with Crippen LogP contribution in [0.3, 0.4) is 0 Å². The maximum absolute atomic E-state index is 12.5. The fourth-order valence-electron chi connectivity index (χ4n) is 4.88. The van der Waals surface area contributed by atoms with Crippen LogP contribution in [0.25, 0.3) is 11.3 Å². The molecule has 1 spiro atoms. The number of urea groups is 1. The molecule has 3 N–H and O–H groups in total. The van der Waals surface area contributed by atoms with Gasteiger partial charge in [-0.1, -0.05) is 29.8 Å². The number of aromatic nitrogens is 3. The summed E-state index contributed by atoms with van der Waals surface area (Å²) < 4.78 is 8.02. The maximum atomic E-state index is 12.5. The number of aryl methyl sites for hydroxylation is 1.